The van der Waals surface area contributed by atoms with Gasteiger partial charge >= 0.3 is 0 Å². The Hall–Kier alpha value is -0.0800. The Bertz CT molecular complexity index is 151. The molecule has 1 atom stereocenters. The maximum absolute atomic E-state index is 3.57. The van der Waals surface area contributed by atoms with Crippen LogP contribution in [0.2, 0.25) is 0 Å². The highest BCUT2D eigenvalue weighted by Crippen LogP contribution is 2.04. The van der Waals surface area contributed by atoms with Crippen molar-refractivity contribution >= 4 is 0 Å². The van der Waals surface area contributed by atoms with Gasteiger partial charge in [-0.05, 0) is 65.2 Å². The van der Waals surface area contributed by atoms with E-state index in [0.29, 0.717) is 6.04 Å². The summed E-state index contributed by atoms with van der Waals surface area (Å²) in [7, 11) is 0. The highest BCUT2D eigenvalue weighted by atomic mass is 15.1. The van der Waals surface area contributed by atoms with Crippen molar-refractivity contribution in [1.82, 2.24) is 10.2 Å². The van der Waals surface area contributed by atoms with Crippen LogP contribution in [0.1, 0.15) is 72.6 Å². The van der Waals surface area contributed by atoms with Gasteiger partial charge in [-0.25, -0.2) is 0 Å². The molecular weight excluding hydrogens is 220 g/mol. The molecule has 0 heterocycles. The van der Waals surface area contributed by atoms with E-state index in [1.807, 2.05) is 0 Å². The second kappa shape index (κ2) is 13.4. The van der Waals surface area contributed by atoms with Gasteiger partial charge in [0.05, 0.1) is 0 Å². The SMILES string of the molecule is CCCCN(CCCC)CCCC(C)NCCC. The number of hydrogen-bond acceptors (Lipinski definition) is 2. The van der Waals surface area contributed by atoms with Gasteiger partial charge in [-0.2, -0.15) is 0 Å². The Morgan fingerprint density at radius 2 is 1.39 bits per heavy atom. The maximum atomic E-state index is 3.57. The van der Waals surface area contributed by atoms with Crippen molar-refractivity contribution in [3.05, 3.63) is 0 Å². The summed E-state index contributed by atoms with van der Waals surface area (Å²) in [4.78, 5) is 2.67. The lowest BCUT2D eigenvalue weighted by atomic mass is 10.1. The van der Waals surface area contributed by atoms with Crippen molar-refractivity contribution in [2.45, 2.75) is 78.7 Å². The summed E-state index contributed by atoms with van der Waals surface area (Å²) in [5.74, 6) is 0. The molecular formula is C16H36N2. The fraction of sp³-hybridized carbons (Fsp3) is 1.00. The zero-order chi connectivity index (χ0) is 13.6. The van der Waals surface area contributed by atoms with Gasteiger partial charge in [-0.1, -0.05) is 33.6 Å². The van der Waals surface area contributed by atoms with Gasteiger partial charge in [0, 0.05) is 6.04 Å². The molecule has 0 bridgehead atoms. The number of rotatable bonds is 13. The van der Waals surface area contributed by atoms with Crippen LogP contribution in [0.3, 0.4) is 0 Å². The molecule has 0 aliphatic rings. The molecule has 0 aromatic carbocycles. The summed E-state index contributed by atoms with van der Waals surface area (Å²) in [6, 6.07) is 0.684. The second-order valence-electron chi connectivity index (χ2n) is 5.55. The molecule has 0 spiro atoms. The fourth-order valence-electron chi connectivity index (χ4n) is 2.21. The van der Waals surface area contributed by atoms with Crippen LogP contribution in [0.5, 0.6) is 0 Å². The smallest absolute Gasteiger partial charge is 0.00391 e. The van der Waals surface area contributed by atoms with E-state index >= 15 is 0 Å². The predicted molar refractivity (Wildman–Crippen MR) is 83.2 cm³/mol. The van der Waals surface area contributed by atoms with E-state index in [1.165, 1.54) is 64.6 Å². The van der Waals surface area contributed by atoms with Crippen molar-refractivity contribution in [2.75, 3.05) is 26.2 Å². The highest BCUT2D eigenvalue weighted by molar-refractivity contribution is 4.63. The summed E-state index contributed by atoms with van der Waals surface area (Å²) >= 11 is 0. The largest absolute Gasteiger partial charge is 0.314 e. The first-order valence-corrected chi connectivity index (χ1v) is 8.20. The lowest BCUT2D eigenvalue weighted by Crippen LogP contribution is -2.30. The van der Waals surface area contributed by atoms with Gasteiger partial charge in [0.1, 0.15) is 0 Å². The van der Waals surface area contributed by atoms with Crippen LogP contribution >= 0.6 is 0 Å². The van der Waals surface area contributed by atoms with Crippen LogP contribution < -0.4 is 5.32 Å². The zero-order valence-electron chi connectivity index (χ0n) is 13.3. The molecule has 2 heteroatoms. The first-order valence-electron chi connectivity index (χ1n) is 8.20. The molecule has 0 amide bonds. The lowest BCUT2D eigenvalue weighted by molar-refractivity contribution is 0.256. The molecule has 110 valence electrons. The van der Waals surface area contributed by atoms with Gasteiger partial charge in [0.25, 0.3) is 0 Å². The topological polar surface area (TPSA) is 15.3 Å². The summed E-state index contributed by atoms with van der Waals surface area (Å²) in [6.07, 6.45) is 9.23. The summed E-state index contributed by atoms with van der Waals surface area (Å²) < 4.78 is 0. The van der Waals surface area contributed by atoms with Crippen molar-refractivity contribution in [3.8, 4) is 0 Å². The van der Waals surface area contributed by atoms with Gasteiger partial charge in [-0.15, -0.1) is 0 Å². The molecule has 18 heavy (non-hydrogen) atoms. The Labute approximate surface area is 116 Å². The summed E-state index contributed by atoms with van der Waals surface area (Å²) in [5, 5.41) is 3.57. The fourth-order valence-corrected chi connectivity index (χ4v) is 2.21. The molecule has 0 fully saturated rings. The molecule has 0 aliphatic heterocycles. The van der Waals surface area contributed by atoms with Crippen molar-refractivity contribution < 1.29 is 0 Å². The van der Waals surface area contributed by atoms with Crippen molar-refractivity contribution in [1.29, 1.82) is 0 Å². The number of nitrogens with one attached hydrogen (secondary N) is 1. The van der Waals surface area contributed by atoms with Crippen LogP contribution in [0, 0.1) is 0 Å². The van der Waals surface area contributed by atoms with E-state index in [9.17, 15) is 0 Å². The molecule has 1 unspecified atom stereocenters. The average molecular weight is 256 g/mol. The summed E-state index contributed by atoms with van der Waals surface area (Å²) in [6.45, 7) is 14.2. The third-order valence-electron chi connectivity index (χ3n) is 3.51. The standard InChI is InChI=1S/C16H36N2/c1-5-8-13-18(14-9-6-2)15-10-11-16(4)17-12-7-3/h16-17H,5-15H2,1-4H3. The Morgan fingerprint density at radius 1 is 0.833 bits per heavy atom. The second-order valence-corrected chi connectivity index (χ2v) is 5.55. The molecule has 2 nitrogen and oxygen atoms in total. The van der Waals surface area contributed by atoms with Crippen molar-refractivity contribution in [2.24, 2.45) is 0 Å². The number of nitrogens with zero attached hydrogens (tertiary/aromatic N) is 1. The zero-order valence-corrected chi connectivity index (χ0v) is 13.3. The van der Waals surface area contributed by atoms with Crippen LogP contribution in [0.4, 0.5) is 0 Å². The molecule has 0 saturated carbocycles. The molecule has 0 aromatic rings. The maximum Gasteiger partial charge on any atom is 0.00391 e. The van der Waals surface area contributed by atoms with Crippen molar-refractivity contribution in [3.63, 3.8) is 0 Å². The third-order valence-corrected chi connectivity index (χ3v) is 3.51. The lowest BCUT2D eigenvalue weighted by Gasteiger charge is -2.23. The minimum atomic E-state index is 0.684. The van der Waals surface area contributed by atoms with Crippen LogP contribution in [-0.4, -0.2) is 37.1 Å². The Kier molecular flexibility index (Phi) is 13.3. The minimum Gasteiger partial charge on any atom is -0.314 e. The third kappa shape index (κ3) is 11.0. The summed E-state index contributed by atoms with van der Waals surface area (Å²) in [5.41, 5.74) is 0. The van der Waals surface area contributed by atoms with E-state index in [1.54, 1.807) is 0 Å². The highest BCUT2D eigenvalue weighted by Gasteiger charge is 2.05. The molecule has 0 saturated heterocycles. The number of unbranched alkanes of at least 4 members (excludes halogenated alkanes) is 2. The van der Waals surface area contributed by atoms with E-state index < -0.39 is 0 Å². The van der Waals surface area contributed by atoms with Crippen LogP contribution in [0.25, 0.3) is 0 Å². The first-order chi connectivity index (χ1) is 8.74. The predicted octanol–water partition coefficient (Wildman–Crippen LogP) is 4.06. The van der Waals surface area contributed by atoms with E-state index in [0.717, 1.165) is 6.54 Å². The number of hydrogen-bond donors (Lipinski definition) is 1. The monoisotopic (exact) mass is 256 g/mol. The average Bonchev–Trinajstić information content (AvgIpc) is 2.38. The van der Waals surface area contributed by atoms with Gasteiger partial charge < -0.3 is 10.2 Å². The normalized spacial score (nSPS) is 13.2. The molecule has 0 aliphatic carbocycles. The van der Waals surface area contributed by atoms with Crippen LogP contribution in [0.15, 0.2) is 0 Å². The quantitative estimate of drug-likeness (QED) is 0.534. The first kappa shape index (κ1) is 17.9. The molecule has 0 aromatic heterocycles. The Balaban J connectivity index is 3.65. The van der Waals surface area contributed by atoms with E-state index in [2.05, 4.69) is 37.9 Å². The van der Waals surface area contributed by atoms with E-state index in [-0.39, 0.29) is 0 Å². The molecule has 0 rings (SSSR count). The molecule has 1 N–H and O–H groups in total. The van der Waals surface area contributed by atoms with Gasteiger partial charge in [-0.3, -0.25) is 0 Å². The van der Waals surface area contributed by atoms with E-state index in [4.69, 9.17) is 0 Å². The minimum absolute atomic E-state index is 0.684. The van der Waals surface area contributed by atoms with Gasteiger partial charge in [0.15, 0.2) is 0 Å². The Morgan fingerprint density at radius 3 is 1.89 bits per heavy atom. The van der Waals surface area contributed by atoms with Crippen LogP contribution in [-0.2, 0) is 0 Å². The molecule has 0 radical (unpaired) electrons. The van der Waals surface area contributed by atoms with Gasteiger partial charge in [0.2, 0.25) is 0 Å².